The van der Waals surface area contributed by atoms with E-state index in [1.165, 1.54) is 16.9 Å². The molecule has 0 spiro atoms. The van der Waals surface area contributed by atoms with Gasteiger partial charge in [-0.3, -0.25) is 9.59 Å². The molecule has 0 unspecified atom stereocenters. The van der Waals surface area contributed by atoms with Gasteiger partial charge in [0.15, 0.2) is 0 Å². The molecule has 0 aliphatic rings. The Balaban J connectivity index is 1.78. The molecular weight excluding hydrogens is 296 g/mol. The lowest BCUT2D eigenvalue weighted by atomic mass is 10.0. The molecule has 2 amide bonds. The Kier molecular flexibility index (Phi) is 5.72. The Morgan fingerprint density at radius 1 is 1.18 bits per heavy atom. The normalized spacial score (nSPS) is 10.5. The monoisotopic (exact) mass is 316 g/mol. The lowest BCUT2D eigenvalue weighted by Crippen LogP contribution is -2.27. The number of carbonyl (C=O) groups is 2. The highest BCUT2D eigenvalue weighted by Gasteiger charge is 2.08. The van der Waals surface area contributed by atoms with E-state index in [0.717, 1.165) is 5.69 Å². The zero-order valence-electron chi connectivity index (χ0n) is 12.8. The number of hydrogen-bond donors (Lipinski definition) is 2. The van der Waals surface area contributed by atoms with Gasteiger partial charge in [-0.1, -0.05) is 32.0 Å². The molecule has 5 heteroatoms. The van der Waals surface area contributed by atoms with E-state index in [1.807, 2.05) is 35.7 Å². The van der Waals surface area contributed by atoms with Crippen molar-refractivity contribution in [3.63, 3.8) is 0 Å². The van der Waals surface area contributed by atoms with Gasteiger partial charge in [0.25, 0.3) is 5.91 Å². The minimum atomic E-state index is -0.135. The summed E-state index contributed by atoms with van der Waals surface area (Å²) in [6, 6.07) is 11.4. The number of anilines is 1. The molecule has 0 saturated heterocycles. The van der Waals surface area contributed by atoms with Crippen molar-refractivity contribution in [1.82, 2.24) is 5.32 Å². The second kappa shape index (κ2) is 7.75. The van der Waals surface area contributed by atoms with Crippen molar-refractivity contribution >= 4 is 28.8 Å². The highest BCUT2D eigenvalue weighted by molar-refractivity contribution is 7.12. The average molecular weight is 316 g/mol. The topological polar surface area (TPSA) is 58.2 Å². The van der Waals surface area contributed by atoms with E-state index in [2.05, 4.69) is 24.5 Å². The van der Waals surface area contributed by atoms with Crippen LogP contribution in [0, 0.1) is 0 Å². The fourth-order valence-corrected chi connectivity index (χ4v) is 2.62. The van der Waals surface area contributed by atoms with Crippen molar-refractivity contribution in [3.8, 4) is 0 Å². The van der Waals surface area contributed by atoms with Crippen LogP contribution in [0.1, 0.15) is 41.4 Å². The van der Waals surface area contributed by atoms with Gasteiger partial charge in [0, 0.05) is 18.7 Å². The summed E-state index contributed by atoms with van der Waals surface area (Å²) in [6.45, 7) is 4.55. The molecule has 116 valence electrons. The van der Waals surface area contributed by atoms with Gasteiger partial charge in [-0.2, -0.15) is 0 Å². The molecule has 0 saturated carbocycles. The standard InChI is InChI=1S/C17H20N2O2S/c1-12(2)13-5-3-6-14(11-13)19-16(20)8-9-18-17(21)15-7-4-10-22-15/h3-7,10-12H,8-9H2,1-2H3,(H,18,21)(H,19,20). The zero-order valence-corrected chi connectivity index (χ0v) is 13.6. The Labute approximate surface area is 134 Å². The molecule has 0 aliphatic carbocycles. The van der Waals surface area contributed by atoms with Crippen LogP contribution in [0.4, 0.5) is 5.69 Å². The number of amides is 2. The summed E-state index contributed by atoms with van der Waals surface area (Å²) in [5, 5.41) is 7.45. The van der Waals surface area contributed by atoms with Crippen LogP contribution in [0.2, 0.25) is 0 Å². The van der Waals surface area contributed by atoms with E-state index >= 15 is 0 Å². The Hall–Kier alpha value is -2.14. The van der Waals surface area contributed by atoms with E-state index in [9.17, 15) is 9.59 Å². The van der Waals surface area contributed by atoms with Crippen LogP contribution in [-0.2, 0) is 4.79 Å². The Morgan fingerprint density at radius 3 is 2.68 bits per heavy atom. The van der Waals surface area contributed by atoms with E-state index < -0.39 is 0 Å². The maximum Gasteiger partial charge on any atom is 0.261 e. The van der Waals surface area contributed by atoms with Gasteiger partial charge in [0.2, 0.25) is 5.91 Å². The lowest BCUT2D eigenvalue weighted by Gasteiger charge is -2.10. The molecule has 0 fully saturated rings. The highest BCUT2D eigenvalue weighted by Crippen LogP contribution is 2.18. The molecule has 0 atom stereocenters. The predicted molar refractivity (Wildman–Crippen MR) is 90.4 cm³/mol. The second-order valence-electron chi connectivity index (χ2n) is 5.31. The first-order chi connectivity index (χ1) is 10.6. The molecule has 4 nitrogen and oxygen atoms in total. The highest BCUT2D eigenvalue weighted by atomic mass is 32.1. The lowest BCUT2D eigenvalue weighted by molar-refractivity contribution is -0.116. The van der Waals surface area contributed by atoms with Crippen LogP contribution >= 0.6 is 11.3 Å². The third kappa shape index (κ3) is 4.70. The molecule has 0 radical (unpaired) electrons. The van der Waals surface area contributed by atoms with Crippen LogP contribution in [0.5, 0.6) is 0 Å². The number of rotatable bonds is 6. The summed E-state index contributed by atoms with van der Waals surface area (Å²) >= 11 is 1.38. The Bertz CT molecular complexity index is 636. The SMILES string of the molecule is CC(C)c1cccc(NC(=O)CCNC(=O)c2cccs2)c1. The van der Waals surface area contributed by atoms with Gasteiger partial charge < -0.3 is 10.6 Å². The number of carbonyl (C=O) groups excluding carboxylic acids is 2. The van der Waals surface area contributed by atoms with Crippen molar-refractivity contribution < 1.29 is 9.59 Å². The molecule has 0 aliphatic heterocycles. The van der Waals surface area contributed by atoms with Crippen LogP contribution in [0.3, 0.4) is 0 Å². The van der Waals surface area contributed by atoms with Gasteiger partial charge >= 0.3 is 0 Å². The third-order valence-corrected chi connectivity index (χ3v) is 4.09. The van der Waals surface area contributed by atoms with Crippen LogP contribution in [0.15, 0.2) is 41.8 Å². The Morgan fingerprint density at radius 2 is 2.00 bits per heavy atom. The fourth-order valence-electron chi connectivity index (χ4n) is 1.98. The van der Waals surface area contributed by atoms with E-state index in [0.29, 0.717) is 17.3 Å². The fraction of sp³-hybridized carbons (Fsp3) is 0.294. The largest absolute Gasteiger partial charge is 0.351 e. The van der Waals surface area contributed by atoms with E-state index in [4.69, 9.17) is 0 Å². The molecule has 1 heterocycles. The molecule has 0 bridgehead atoms. The molecule has 2 N–H and O–H groups in total. The minimum absolute atomic E-state index is 0.104. The van der Waals surface area contributed by atoms with Gasteiger partial charge in [-0.25, -0.2) is 0 Å². The van der Waals surface area contributed by atoms with E-state index in [-0.39, 0.29) is 18.2 Å². The molecule has 2 aromatic rings. The summed E-state index contributed by atoms with van der Waals surface area (Å²) in [7, 11) is 0. The summed E-state index contributed by atoms with van der Waals surface area (Å²) in [4.78, 5) is 24.3. The van der Waals surface area contributed by atoms with Gasteiger partial charge in [0.1, 0.15) is 0 Å². The maximum atomic E-state index is 11.9. The molecule has 2 rings (SSSR count). The summed E-state index contributed by atoms with van der Waals surface area (Å²) in [6.07, 6.45) is 0.253. The number of hydrogen-bond acceptors (Lipinski definition) is 3. The molecular formula is C17H20N2O2S. The van der Waals surface area contributed by atoms with Crippen molar-refractivity contribution in [2.75, 3.05) is 11.9 Å². The second-order valence-corrected chi connectivity index (χ2v) is 6.26. The number of nitrogens with one attached hydrogen (secondary N) is 2. The number of thiophene rings is 1. The number of benzene rings is 1. The maximum absolute atomic E-state index is 11.9. The zero-order chi connectivity index (χ0) is 15.9. The van der Waals surface area contributed by atoms with Crippen molar-refractivity contribution in [2.45, 2.75) is 26.2 Å². The molecule has 1 aromatic carbocycles. The van der Waals surface area contributed by atoms with E-state index in [1.54, 1.807) is 6.07 Å². The quantitative estimate of drug-likeness (QED) is 0.855. The first-order valence-corrected chi connectivity index (χ1v) is 8.15. The third-order valence-electron chi connectivity index (χ3n) is 3.22. The predicted octanol–water partition coefficient (Wildman–Crippen LogP) is 3.63. The van der Waals surface area contributed by atoms with Gasteiger partial charge in [-0.05, 0) is 35.1 Å². The first-order valence-electron chi connectivity index (χ1n) is 7.28. The van der Waals surface area contributed by atoms with Gasteiger partial charge in [0.05, 0.1) is 4.88 Å². The van der Waals surface area contributed by atoms with Crippen LogP contribution in [0.25, 0.3) is 0 Å². The van der Waals surface area contributed by atoms with Crippen molar-refractivity contribution in [3.05, 3.63) is 52.2 Å². The molecule has 22 heavy (non-hydrogen) atoms. The minimum Gasteiger partial charge on any atom is -0.351 e. The first kappa shape index (κ1) is 16.2. The van der Waals surface area contributed by atoms with Gasteiger partial charge in [-0.15, -0.1) is 11.3 Å². The van der Waals surface area contributed by atoms with Crippen molar-refractivity contribution in [2.24, 2.45) is 0 Å². The van der Waals surface area contributed by atoms with Crippen LogP contribution < -0.4 is 10.6 Å². The smallest absolute Gasteiger partial charge is 0.261 e. The summed E-state index contributed by atoms with van der Waals surface area (Å²) in [5.41, 5.74) is 1.98. The molecule has 1 aromatic heterocycles. The average Bonchev–Trinajstić information content (AvgIpc) is 3.01. The van der Waals surface area contributed by atoms with Crippen LogP contribution in [-0.4, -0.2) is 18.4 Å². The summed E-state index contributed by atoms with van der Waals surface area (Å²) < 4.78 is 0. The summed E-state index contributed by atoms with van der Waals surface area (Å²) in [5.74, 6) is 0.180. The van der Waals surface area contributed by atoms with Crippen molar-refractivity contribution in [1.29, 1.82) is 0 Å².